The number of pyridine rings is 1. The van der Waals surface area contributed by atoms with Gasteiger partial charge in [-0.2, -0.15) is 0 Å². The fourth-order valence-electron chi connectivity index (χ4n) is 1.41. The van der Waals surface area contributed by atoms with Crippen LogP contribution in [0.4, 0.5) is 0 Å². The fourth-order valence-corrected chi connectivity index (χ4v) is 1.41. The smallest absolute Gasteiger partial charge is 0.177 e. The number of imidazole rings is 1. The van der Waals surface area contributed by atoms with Gasteiger partial charge in [0.05, 0.1) is 11.1 Å². The number of fused-ring (bicyclic) bond motifs is 1. The third kappa shape index (κ3) is 2.58. The maximum Gasteiger partial charge on any atom is 0.177 e. The van der Waals surface area contributed by atoms with Gasteiger partial charge in [0, 0.05) is 6.20 Å². The minimum Gasteiger partial charge on any atom is -0.368 e. The van der Waals surface area contributed by atoms with Gasteiger partial charge < -0.3 is 9.72 Å². The Balaban J connectivity index is 2.20. The largest absolute Gasteiger partial charge is 0.368 e. The van der Waals surface area contributed by atoms with E-state index in [9.17, 15) is 0 Å². The Labute approximate surface area is 95.1 Å². The number of hydrogen-bond donors (Lipinski definition) is 1. The van der Waals surface area contributed by atoms with Crippen LogP contribution in [-0.2, 0) is 11.3 Å². The van der Waals surface area contributed by atoms with Crippen molar-refractivity contribution in [3.05, 3.63) is 23.7 Å². The summed E-state index contributed by atoms with van der Waals surface area (Å²) >= 11 is 0. The van der Waals surface area contributed by atoms with Crippen molar-refractivity contribution >= 4 is 11.2 Å². The van der Waals surface area contributed by atoms with Crippen molar-refractivity contribution in [3.8, 4) is 0 Å². The van der Waals surface area contributed by atoms with Crippen LogP contribution in [0.25, 0.3) is 11.2 Å². The highest BCUT2D eigenvalue weighted by atomic mass is 16.5. The third-order valence-corrected chi connectivity index (χ3v) is 2.17. The van der Waals surface area contributed by atoms with E-state index in [1.54, 1.807) is 0 Å². The summed E-state index contributed by atoms with van der Waals surface area (Å²) < 4.78 is 5.65. The molecule has 0 radical (unpaired) electrons. The summed E-state index contributed by atoms with van der Waals surface area (Å²) in [5.41, 5.74) is 2.69. The van der Waals surface area contributed by atoms with Crippen LogP contribution in [0, 0.1) is 6.92 Å². The molecule has 4 nitrogen and oxygen atoms in total. The zero-order valence-corrected chi connectivity index (χ0v) is 10.2. The average Bonchev–Trinajstić information content (AvgIpc) is 2.55. The third-order valence-electron chi connectivity index (χ3n) is 2.17. The number of ether oxygens (including phenoxy) is 1. The first-order valence-electron chi connectivity index (χ1n) is 5.39. The molecule has 0 atom stereocenters. The van der Waals surface area contributed by atoms with Gasteiger partial charge in [0.15, 0.2) is 5.65 Å². The Hall–Kier alpha value is -1.42. The number of rotatable bonds is 2. The maximum atomic E-state index is 5.65. The molecular weight excluding hydrogens is 202 g/mol. The Morgan fingerprint density at radius 1 is 1.38 bits per heavy atom. The Morgan fingerprint density at radius 3 is 2.81 bits per heavy atom. The number of hydrogen-bond acceptors (Lipinski definition) is 3. The van der Waals surface area contributed by atoms with Crippen molar-refractivity contribution in [1.82, 2.24) is 15.0 Å². The minimum absolute atomic E-state index is 0.150. The Bertz CT molecular complexity index is 496. The topological polar surface area (TPSA) is 50.8 Å². The molecule has 2 aromatic heterocycles. The molecule has 0 unspecified atom stereocenters. The van der Waals surface area contributed by atoms with Gasteiger partial charge in [0.1, 0.15) is 12.4 Å². The van der Waals surface area contributed by atoms with Gasteiger partial charge in [-0.05, 0) is 39.3 Å². The van der Waals surface area contributed by atoms with Crippen molar-refractivity contribution in [1.29, 1.82) is 0 Å². The molecule has 2 aromatic rings. The Morgan fingerprint density at radius 2 is 2.12 bits per heavy atom. The first-order chi connectivity index (χ1) is 7.44. The van der Waals surface area contributed by atoms with Crippen LogP contribution in [0.1, 0.15) is 32.2 Å². The number of aromatic nitrogens is 3. The predicted molar refractivity (Wildman–Crippen MR) is 63.2 cm³/mol. The van der Waals surface area contributed by atoms with Crippen molar-refractivity contribution < 1.29 is 4.74 Å². The number of aryl methyl sites for hydroxylation is 1. The molecule has 1 N–H and O–H groups in total. The molecule has 2 rings (SSSR count). The first kappa shape index (κ1) is 11.1. The molecular formula is C12H17N3O. The highest BCUT2D eigenvalue weighted by Crippen LogP contribution is 2.13. The summed E-state index contributed by atoms with van der Waals surface area (Å²) in [5, 5.41) is 0. The van der Waals surface area contributed by atoms with Crippen molar-refractivity contribution in [2.24, 2.45) is 0 Å². The van der Waals surface area contributed by atoms with Crippen LogP contribution in [-0.4, -0.2) is 20.6 Å². The minimum atomic E-state index is -0.150. The quantitative estimate of drug-likeness (QED) is 0.844. The van der Waals surface area contributed by atoms with Crippen LogP contribution in [0.15, 0.2) is 12.3 Å². The summed E-state index contributed by atoms with van der Waals surface area (Å²) in [6, 6.07) is 2.04. The molecule has 2 heterocycles. The Kier molecular flexibility index (Phi) is 2.68. The lowest BCUT2D eigenvalue weighted by atomic mass is 10.2. The maximum absolute atomic E-state index is 5.65. The zero-order chi connectivity index (χ0) is 11.8. The molecule has 4 heteroatoms. The molecule has 16 heavy (non-hydrogen) atoms. The van der Waals surface area contributed by atoms with Crippen molar-refractivity contribution in [3.63, 3.8) is 0 Å². The molecule has 0 bridgehead atoms. The van der Waals surface area contributed by atoms with Crippen LogP contribution in [0.3, 0.4) is 0 Å². The molecule has 0 aliphatic carbocycles. The van der Waals surface area contributed by atoms with E-state index in [4.69, 9.17) is 4.74 Å². The van der Waals surface area contributed by atoms with Crippen molar-refractivity contribution in [2.75, 3.05) is 0 Å². The summed E-state index contributed by atoms with van der Waals surface area (Å²) in [6.45, 7) is 8.58. The second-order valence-electron chi connectivity index (χ2n) is 4.97. The van der Waals surface area contributed by atoms with Gasteiger partial charge in [0.2, 0.25) is 0 Å². The molecule has 0 saturated heterocycles. The highest BCUT2D eigenvalue weighted by molar-refractivity contribution is 5.70. The van der Waals surface area contributed by atoms with Gasteiger partial charge in [0.25, 0.3) is 0 Å². The summed E-state index contributed by atoms with van der Waals surface area (Å²) in [4.78, 5) is 11.8. The van der Waals surface area contributed by atoms with E-state index in [2.05, 4.69) is 15.0 Å². The summed E-state index contributed by atoms with van der Waals surface area (Å²) in [5.74, 6) is 0.822. The molecule has 0 amide bonds. The lowest BCUT2D eigenvalue weighted by molar-refractivity contribution is -0.0177. The van der Waals surface area contributed by atoms with E-state index in [0.29, 0.717) is 6.61 Å². The predicted octanol–water partition coefficient (Wildman–Crippen LogP) is 2.58. The standard InChI is InChI=1S/C12H17N3O/c1-8-5-9-11(13-6-8)15-10(14-9)7-16-12(2,3)4/h5-6H,7H2,1-4H3,(H,13,14,15). The molecule has 0 fully saturated rings. The number of nitrogens with one attached hydrogen (secondary N) is 1. The van der Waals surface area contributed by atoms with E-state index in [1.165, 1.54) is 0 Å². The van der Waals surface area contributed by atoms with Gasteiger partial charge in [-0.25, -0.2) is 9.97 Å². The molecule has 86 valence electrons. The monoisotopic (exact) mass is 219 g/mol. The van der Waals surface area contributed by atoms with Crippen molar-refractivity contribution in [2.45, 2.75) is 39.9 Å². The van der Waals surface area contributed by atoms with E-state index < -0.39 is 0 Å². The molecule has 0 spiro atoms. The SMILES string of the molecule is Cc1cnc2nc(COC(C)(C)C)[nH]c2c1. The second-order valence-corrected chi connectivity index (χ2v) is 4.97. The van der Waals surface area contributed by atoms with E-state index in [0.717, 1.165) is 22.6 Å². The van der Waals surface area contributed by atoms with E-state index in [1.807, 2.05) is 40.0 Å². The lowest BCUT2D eigenvalue weighted by Crippen LogP contribution is -2.19. The van der Waals surface area contributed by atoms with Crippen LogP contribution < -0.4 is 0 Å². The summed E-state index contributed by atoms with van der Waals surface area (Å²) in [7, 11) is 0. The first-order valence-corrected chi connectivity index (χ1v) is 5.39. The molecule has 0 aliphatic rings. The number of aromatic amines is 1. The van der Waals surface area contributed by atoms with Gasteiger partial charge in [-0.1, -0.05) is 0 Å². The van der Waals surface area contributed by atoms with Crippen LogP contribution >= 0.6 is 0 Å². The second kappa shape index (κ2) is 3.87. The normalized spacial score (nSPS) is 12.2. The van der Waals surface area contributed by atoms with Crippen LogP contribution in [0.2, 0.25) is 0 Å². The van der Waals surface area contributed by atoms with Gasteiger partial charge >= 0.3 is 0 Å². The van der Waals surface area contributed by atoms with E-state index in [-0.39, 0.29) is 5.60 Å². The van der Waals surface area contributed by atoms with Gasteiger partial charge in [-0.3, -0.25) is 0 Å². The zero-order valence-electron chi connectivity index (χ0n) is 10.2. The lowest BCUT2D eigenvalue weighted by Gasteiger charge is -2.18. The molecule has 0 aromatic carbocycles. The number of nitrogens with zero attached hydrogens (tertiary/aromatic N) is 2. The van der Waals surface area contributed by atoms with Gasteiger partial charge in [-0.15, -0.1) is 0 Å². The fraction of sp³-hybridized carbons (Fsp3) is 0.500. The highest BCUT2D eigenvalue weighted by Gasteiger charge is 2.12. The molecule has 0 saturated carbocycles. The average molecular weight is 219 g/mol. The number of H-pyrrole nitrogens is 1. The summed E-state index contributed by atoms with van der Waals surface area (Å²) in [6.07, 6.45) is 1.82. The van der Waals surface area contributed by atoms with Crippen LogP contribution in [0.5, 0.6) is 0 Å². The molecule has 0 aliphatic heterocycles. The van der Waals surface area contributed by atoms with E-state index >= 15 is 0 Å².